The summed E-state index contributed by atoms with van der Waals surface area (Å²) in [5.41, 5.74) is 1.07. The van der Waals surface area contributed by atoms with E-state index in [2.05, 4.69) is 10.8 Å². The fourth-order valence-corrected chi connectivity index (χ4v) is 8.16. The standard InChI is InChI=1S/C41H46ClF4NO6/c1-4-52-38(50)47(24-27-11-15-30(16-12-27)53-41(44,45)46)25-40(51)20-18-34-31-17-13-28(21-29(48)14-10-26(2)7-6-19-39(34,40)3)22-32(31)37(49)23-33-35(42)8-5-9-36(33)43/h5,7-9,11-13,15-17,22,29,34,48,51H,4,6,10,14,18-21,23-25H2,1-3H3. The van der Waals surface area contributed by atoms with Gasteiger partial charge < -0.3 is 24.6 Å². The number of benzene rings is 3. The largest absolute Gasteiger partial charge is 0.573 e. The minimum Gasteiger partial charge on any atom is -0.450 e. The van der Waals surface area contributed by atoms with Crippen LogP contribution in [0.15, 0.2) is 72.3 Å². The van der Waals surface area contributed by atoms with Gasteiger partial charge in [-0.05, 0) is 112 Å². The van der Waals surface area contributed by atoms with E-state index < -0.39 is 41.1 Å². The molecule has 12 heteroatoms. The number of hydrogen-bond acceptors (Lipinski definition) is 6. The molecule has 0 heterocycles. The van der Waals surface area contributed by atoms with Crippen molar-refractivity contribution in [3.63, 3.8) is 0 Å². The van der Waals surface area contributed by atoms with Gasteiger partial charge in [0.15, 0.2) is 5.78 Å². The Balaban J connectivity index is 1.54. The predicted molar refractivity (Wildman–Crippen MR) is 193 cm³/mol. The molecule has 1 saturated carbocycles. The topological polar surface area (TPSA) is 96.3 Å². The zero-order valence-corrected chi connectivity index (χ0v) is 30.9. The third kappa shape index (κ3) is 9.60. The minimum atomic E-state index is -4.85. The molecule has 3 aromatic carbocycles. The zero-order chi connectivity index (χ0) is 38.6. The summed E-state index contributed by atoms with van der Waals surface area (Å²) >= 11 is 6.33. The van der Waals surface area contributed by atoms with Crippen LogP contribution in [0.1, 0.15) is 97.8 Å². The van der Waals surface area contributed by atoms with Crippen molar-refractivity contribution >= 4 is 23.5 Å². The number of carbonyl (C=O) groups is 2. The molecule has 1 amide bonds. The van der Waals surface area contributed by atoms with Gasteiger partial charge in [0.25, 0.3) is 0 Å². The average Bonchev–Trinajstić information content (AvgIpc) is 3.34. The van der Waals surface area contributed by atoms with Gasteiger partial charge >= 0.3 is 12.5 Å². The maximum atomic E-state index is 14.9. The molecule has 53 heavy (non-hydrogen) atoms. The summed E-state index contributed by atoms with van der Waals surface area (Å²) in [7, 11) is 0. The molecular formula is C41H46ClF4NO6. The Morgan fingerprint density at radius 3 is 2.47 bits per heavy atom. The van der Waals surface area contributed by atoms with Gasteiger partial charge in [0.2, 0.25) is 0 Å². The molecule has 4 atom stereocenters. The zero-order valence-electron chi connectivity index (χ0n) is 30.1. The Morgan fingerprint density at radius 1 is 1.06 bits per heavy atom. The molecule has 6 rings (SSSR count). The van der Waals surface area contributed by atoms with Gasteiger partial charge in [0.1, 0.15) is 11.6 Å². The Kier molecular flexibility index (Phi) is 12.6. The van der Waals surface area contributed by atoms with Crippen molar-refractivity contribution in [2.24, 2.45) is 5.41 Å². The number of nitrogens with zero attached hydrogens (tertiary/aromatic N) is 1. The van der Waals surface area contributed by atoms with E-state index in [-0.39, 0.29) is 54.8 Å². The van der Waals surface area contributed by atoms with Crippen LogP contribution in [-0.2, 0) is 24.1 Å². The molecule has 3 aliphatic carbocycles. The van der Waals surface area contributed by atoms with Gasteiger partial charge in [-0.2, -0.15) is 0 Å². The summed E-state index contributed by atoms with van der Waals surface area (Å²) in [6, 6.07) is 14.9. The van der Waals surface area contributed by atoms with E-state index in [1.165, 1.54) is 35.2 Å². The van der Waals surface area contributed by atoms with E-state index >= 15 is 0 Å². The Morgan fingerprint density at radius 2 is 1.79 bits per heavy atom. The third-order valence-electron chi connectivity index (χ3n) is 10.9. The first-order valence-corrected chi connectivity index (χ1v) is 18.3. The predicted octanol–water partition coefficient (Wildman–Crippen LogP) is 9.50. The summed E-state index contributed by atoms with van der Waals surface area (Å²) in [6.45, 7) is 5.48. The van der Waals surface area contributed by atoms with E-state index in [4.69, 9.17) is 16.3 Å². The van der Waals surface area contributed by atoms with Crippen molar-refractivity contribution < 1.29 is 46.8 Å². The second kappa shape index (κ2) is 16.6. The van der Waals surface area contributed by atoms with Gasteiger partial charge in [-0.1, -0.05) is 60.5 Å². The number of halogens is 5. The molecule has 0 aromatic heterocycles. The number of aliphatic hydroxyl groups is 2. The number of Topliss-reactive ketones (excluding diaryl/α,β-unsaturated/α-hetero) is 1. The molecule has 0 radical (unpaired) electrons. The molecule has 7 nitrogen and oxygen atoms in total. The fraction of sp³-hybridized carbons (Fsp3) is 0.463. The van der Waals surface area contributed by atoms with Crippen LogP contribution in [0.25, 0.3) is 0 Å². The van der Waals surface area contributed by atoms with Crippen LogP contribution in [0.5, 0.6) is 5.75 Å². The van der Waals surface area contributed by atoms with Crippen LogP contribution < -0.4 is 4.74 Å². The molecule has 0 saturated heterocycles. The third-order valence-corrected chi connectivity index (χ3v) is 11.2. The molecule has 3 aliphatic rings. The number of hydrogen-bond donors (Lipinski definition) is 2. The molecule has 2 bridgehead atoms. The molecule has 0 aliphatic heterocycles. The Labute approximate surface area is 312 Å². The molecular weight excluding hydrogens is 714 g/mol. The number of ether oxygens (including phenoxy) is 2. The SMILES string of the molecule is CCOC(=O)N(Cc1ccc(OC(F)(F)F)cc1)CC1(O)CCC2c3ccc(cc3C(=O)Cc3c(F)cccc3Cl)CC(O)CCC(C)=CCCC21C. The number of carbonyl (C=O) groups excluding carboxylic acids is 2. The van der Waals surface area contributed by atoms with Crippen LogP contribution in [0.2, 0.25) is 5.02 Å². The number of amides is 1. The number of allylic oxidation sites excluding steroid dienone is 2. The normalized spacial score (nSPS) is 23.5. The smallest absolute Gasteiger partial charge is 0.450 e. The van der Waals surface area contributed by atoms with Gasteiger partial charge in [-0.3, -0.25) is 4.79 Å². The maximum Gasteiger partial charge on any atom is 0.573 e. The van der Waals surface area contributed by atoms with Crippen molar-refractivity contribution in [2.45, 2.75) is 103 Å². The van der Waals surface area contributed by atoms with Crippen LogP contribution in [0, 0.1) is 11.2 Å². The Hall–Kier alpha value is -3.93. The highest BCUT2D eigenvalue weighted by Gasteiger charge is 2.57. The van der Waals surface area contributed by atoms with Crippen LogP contribution in [-0.4, -0.2) is 58.2 Å². The highest BCUT2D eigenvalue weighted by Crippen LogP contribution is 2.59. The number of fused-ring (bicyclic) bond motifs is 8. The van der Waals surface area contributed by atoms with E-state index in [1.54, 1.807) is 13.0 Å². The van der Waals surface area contributed by atoms with E-state index in [1.807, 2.05) is 26.0 Å². The van der Waals surface area contributed by atoms with E-state index in [0.29, 0.717) is 55.2 Å². The molecule has 3 aromatic rings. The number of rotatable bonds is 9. The van der Waals surface area contributed by atoms with Crippen molar-refractivity contribution in [3.8, 4) is 5.75 Å². The maximum absolute atomic E-state index is 14.9. The quantitative estimate of drug-likeness (QED) is 0.128. The summed E-state index contributed by atoms with van der Waals surface area (Å²) < 4.78 is 62.6. The second-order valence-corrected chi connectivity index (χ2v) is 14.9. The summed E-state index contributed by atoms with van der Waals surface area (Å²) in [6.07, 6.45) is -1.12. The second-order valence-electron chi connectivity index (χ2n) is 14.5. The molecule has 2 N–H and O–H groups in total. The van der Waals surface area contributed by atoms with Gasteiger partial charge in [0, 0.05) is 34.5 Å². The summed E-state index contributed by atoms with van der Waals surface area (Å²) in [4.78, 5) is 29.0. The first-order chi connectivity index (χ1) is 25.0. The van der Waals surface area contributed by atoms with Crippen LogP contribution >= 0.6 is 11.6 Å². The Bertz CT molecular complexity index is 1790. The van der Waals surface area contributed by atoms with Crippen molar-refractivity contribution in [2.75, 3.05) is 13.2 Å². The lowest BCUT2D eigenvalue weighted by Crippen LogP contribution is -2.53. The molecule has 286 valence electrons. The lowest BCUT2D eigenvalue weighted by Gasteiger charge is -2.46. The van der Waals surface area contributed by atoms with E-state index in [0.717, 1.165) is 23.3 Å². The number of ketones is 1. The van der Waals surface area contributed by atoms with Gasteiger partial charge in [-0.15, -0.1) is 13.2 Å². The summed E-state index contributed by atoms with van der Waals surface area (Å²) in [5, 5.41) is 23.8. The van der Waals surface area contributed by atoms with Crippen LogP contribution in [0.3, 0.4) is 0 Å². The van der Waals surface area contributed by atoms with Crippen molar-refractivity contribution in [1.29, 1.82) is 0 Å². The van der Waals surface area contributed by atoms with E-state index in [9.17, 15) is 37.4 Å². The molecule has 1 fully saturated rings. The highest BCUT2D eigenvalue weighted by molar-refractivity contribution is 6.31. The lowest BCUT2D eigenvalue weighted by molar-refractivity contribution is -0.274. The fourth-order valence-electron chi connectivity index (χ4n) is 7.93. The number of alkyl halides is 3. The minimum absolute atomic E-state index is 0.0582. The number of aliphatic hydroxyl groups excluding tert-OH is 1. The average molecular weight is 760 g/mol. The lowest BCUT2D eigenvalue weighted by atomic mass is 9.64. The first kappa shape index (κ1) is 40.3. The van der Waals surface area contributed by atoms with Gasteiger partial charge in [0.05, 0.1) is 24.9 Å². The first-order valence-electron chi connectivity index (χ1n) is 17.9. The molecule has 0 spiro atoms. The molecule has 4 unspecified atom stereocenters. The van der Waals surface area contributed by atoms with Crippen molar-refractivity contribution in [3.05, 3.63) is 111 Å². The summed E-state index contributed by atoms with van der Waals surface area (Å²) in [5.74, 6) is -1.72. The monoisotopic (exact) mass is 759 g/mol. The van der Waals surface area contributed by atoms with Gasteiger partial charge in [-0.25, -0.2) is 9.18 Å². The van der Waals surface area contributed by atoms with Crippen LogP contribution in [0.4, 0.5) is 22.4 Å². The highest BCUT2D eigenvalue weighted by atomic mass is 35.5. The van der Waals surface area contributed by atoms with Crippen molar-refractivity contribution in [1.82, 2.24) is 4.90 Å².